The topological polar surface area (TPSA) is 43.1 Å². The second-order valence-electron chi connectivity index (χ2n) is 3.36. The predicted molar refractivity (Wildman–Crippen MR) is 62.3 cm³/mol. The van der Waals surface area contributed by atoms with Crippen molar-refractivity contribution in [2.45, 2.75) is 13.8 Å². The van der Waals surface area contributed by atoms with Gasteiger partial charge in [0, 0.05) is 15.7 Å². The van der Waals surface area contributed by atoms with E-state index in [4.69, 9.17) is 5.73 Å². The number of ketones is 1. The Labute approximate surface area is 91.9 Å². The number of halogens is 1. The Kier molecular flexibility index (Phi) is 3.47. The van der Waals surface area contributed by atoms with Gasteiger partial charge in [-0.3, -0.25) is 4.79 Å². The Morgan fingerprint density at radius 3 is 2.50 bits per heavy atom. The summed E-state index contributed by atoms with van der Waals surface area (Å²) in [6.45, 7) is 3.78. The number of rotatable bonds is 2. The van der Waals surface area contributed by atoms with Crippen molar-refractivity contribution >= 4 is 27.4 Å². The van der Waals surface area contributed by atoms with Crippen LogP contribution in [0.5, 0.6) is 0 Å². The maximum Gasteiger partial charge on any atom is 0.185 e. The van der Waals surface area contributed by atoms with Crippen LogP contribution >= 0.6 is 15.9 Å². The van der Waals surface area contributed by atoms with Crippen LogP contribution in [0.2, 0.25) is 0 Å². The van der Waals surface area contributed by atoms with E-state index in [0.717, 1.165) is 10.0 Å². The van der Waals surface area contributed by atoms with Crippen molar-refractivity contribution in [2.75, 3.05) is 5.73 Å². The molecule has 0 spiro atoms. The molecular weight excluding hydrogens is 242 g/mol. The average Bonchev–Trinajstić information content (AvgIpc) is 2.00. The maximum absolute atomic E-state index is 11.6. The number of nitrogens with two attached hydrogens (primary N) is 1. The molecule has 0 aromatic heterocycles. The molecule has 0 saturated carbocycles. The van der Waals surface area contributed by atoms with Gasteiger partial charge in [0.05, 0.1) is 0 Å². The summed E-state index contributed by atoms with van der Waals surface area (Å²) in [6.07, 6.45) is 1.60. The second-order valence-corrected chi connectivity index (χ2v) is 4.27. The highest BCUT2D eigenvalue weighted by molar-refractivity contribution is 9.10. The molecule has 3 heteroatoms. The van der Waals surface area contributed by atoms with Gasteiger partial charge in [0.2, 0.25) is 0 Å². The van der Waals surface area contributed by atoms with Crippen LogP contribution in [0.4, 0.5) is 5.69 Å². The fourth-order valence-electron chi connectivity index (χ4n) is 1.10. The van der Waals surface area contributed by atoms with E-state index in [-0.39, 0.29) is 5.78 Å². The number of carbonyl (C=O) groups excluding carboxylic acids is 1. The first-order valence-corrected chi connectivity index (χ1v) is 5.03. The third-order valence-corrected chi connectivity index (χ3v) is 2.08. The minimum atomic E-state index is -0.0157. The van der Waals surface area contributed by atoms with Crippen LogP contribution in [0.25, 0.3) is 0 Å². The van der Waals surface area contributed by atoms with E-state index >= 15 is 0 Å². The molecule has 1 aromatic rings. The summed E-state index contributed by atoms with van der Waals surface area (Å²) in [7, 11) is 0. The molecule has 0 aliphatic rings. The molecule has 0 fully saturated rings. The monoisotopic (exact) mass is 253 g/mol. The summed E-state index contributed by atoms with van der Waals surface area (Å²) in [5.74, 6) is -0.0157. The summed E-state index contributed by atoms with van der Waals surface area (Å²) in [5.41, 5.74) is 7.80. The molecule has 0 bridgehead atoms. The maximum atomic E-state index is 11.6. The first-order valence-electron chi connectivity index (χ1n) is 4.24. The summed E-state index contributed by atoms with van der Waals surface area (Å²) in [5, 5.41) is 0. The van der Waals surface area contributed by atoms with Crippen LogP contribution in [-0.2, 0) is 0 Å². The van der Waals surface area contributed by atoms with Gasteiger partial charge >= 0.3 is 0 Å². The number of nitrogen functional groups attached to an aromatic ring is 1. The lowest BCUT2D eigenvalue weighted by atomic mass is 10.1. The molecule has 1 rings (SSSR count). The average molecular weight is 254 g/mol. The fraction of sp³-hybridized carbons (Fsp3) is 0.182. The van der Waals surface area contributed by atoms with Crippen LogP contribution in [0.1, 0.15) is 24.2 Å². The number of hydrogen-bond acceptors (Lipinski definition) is 2. The van der Waals surface area contributed by atoms with Crippen LogP contribution in [0.15, 0.2) is 34.3 Å². The van der Waals surface area contributed by atoms with Gasteiger partial charge in [0.25, 0.3) is 0 Å². The molecule has 0 atom stereocenters. The molecule has 0 heterocycles. The predicted octanol–water partition coefficient (Wildman–Crippen LogP) is 3.18. The molecule has 0 aliphatic heterocycles. The van der Waals surface area contributed by atoms with Gasteiger partial charge in [-0.1, -0.05) is 21.5 Å². The molecule has 14 heavy (non-hydrogen) atoms. The van der Waals surface area contributed by atoms with Crippen molar-refractivity contribution in [2.24, 2.45) is 0 Å². The molecule has 74 valence electrons. The van der Waals surface area contributed by atoms with E-state index in [1.54, 1.807) is 24.3 Å². The molecule has 0 saturated heterocycles. The highest BCUT2D eigenvalue weighted by Crippen LogP contribution is 2.18. The standard InChI is InChI=1S/C11H12BrNO/c1-7(2)3-11(14)8-4-9(12)6-10(13)5-8/h3-6H,13H2,1-2H3. The zero-order valence-electron chi connectivity index (χ0n) is 8.17. The first kappa shape index (κ1) is 11.0. The normalized spacial score (nSPS) is 9.64. The highest BCUT2D eigenvalue weighted by atomic mass is 79.9. The fourth-order valence-corrected chi connectivity index (χ4v) is 1.61. The van der Waals surface area contributed by atoms with E-state index in [2.05, 4.69) is 15.9 Å². The van der Waals surface area contributed by atoms with E-state index in [1.807, 2.05) is 13.8 Å². The Bertz CT molecular complexity index is 372. The van der Waals surface area contributed by atoms with Crippen molar-refractivity contribution in [1.82, 2.24) is 0 Å². The second kappa shape index (κ2) is 4.42. The summed E-state index contributed by atoms with van der Waals surface area (Å²) in [4.78, 5) is 11.6. The SMILES string of the molecule is CC(C)=CC(=O)c1cc(N)cc(Br)c1. The molecule has 1 aromatic carbocycles. The van der Waals surface area contributed by atoms with E-state index < -0.39 is 0 Å². The summed E-state index contributed by atoms with van der Waals surface area (Å²) >= 11 is 3.29. The Hall–Kier alpha value is -1.09. The zero-order valence-corrected chi connectivity index (χ0v) is 9.76. The Morgan fingerprint density at radius 1 is 1.36 bits per heavy atom. The van der Waals surface area contributed by atoms with Gasteiger partial charge in [-0.25, -0.2) is 0 Å². The molecule has 0 amide bonds. The third-order valence-electron chi connectivity index (χ3n) is 1.62. The summed E-state index contributed by atoms with van der Waals surface area (Å²) in [6, 6.07) is 5.20. The van der Waals surface area contributed by atoms with Gasteiger partial charge in [-0.2, -0.15) is 0 Å². The van der Waals surface area contributed by atoms with Crippen LogP contribution < -0.4 is 5.73 Å². The van der Waals surface area contributed by atoms with Crippen LogP contribution in [0.3, 0.4) is 0 Å². The lowest BCUT2D eigenvalue weighted by molar-refractivity contribution is 0.104. The molecule has 2 N–H and O–H groups in total. The first-order chi connectivity index (χ1) is 6.49. The number of hydrogen-bond donors (Lipinski definition) is 1. The minimum absolute atomic E-state index is 0.0157. The Balaban J connectivity index is 3.08. The number of anilines is 1. The minimum Gasteiger partial charge on any atom is -0.399 e. The number of carbonyl (C=O) groups is 1. The molecule has 0 radical (unpaired) electrons. The molecule has 0 aliphatic carbocycles. The van der Waals surface area contributed by atoms with Crippen molar-refractivity contribution in [3.8, 4) is 0 Å². The third kappa shape index (κ3) is 3.00. The lowest BCUT2D eigenvalue weighted by Gasteiger charge is -2.00. The smallest absolute Gasteiger partial charge is 0.185 e. The van der Waals surface area contributed by atoms with E-state index in [9.17, 15) is 4.79 Å². The largest absolute Gasteiger partial charge is 0.399 e. The van der Waals surface area contributed by atoms with Crippen molar-refractivity contribution in [3.05, 3.63) is 39.9 Å². The van der Waals surface area contributed by atoms with Gasteiger partial charge in [0.15, 0.2) is 5.78 Å². The van der Waals surface area contributed by atoms with Crippen molar-refractivity contribution in [3.63, 3.8) is 0 Å². The zero-order chi connectivity index (χ0) is 10.7. The summed E-state index contributed by atoms with van der Waals surface area (Å²) < 4.78 is 0.822. The highest BCUT2D eigenvalue weighted by Gasteiger charge is 2.04. The van der Waals surface area contributed by atoms with Gasteiger partial charge < -0.3 is 5.73 Å². The van der Waals surface area contributed by atoms with Gasteiger partial charge in [0.1, 0.15) is 0 Å². The molecular formula is C11H12BrNO. The van der Waals surface area contributed by atoms with Gasteiger partial charge in [-0.15, -0.1) is 0 Å². The Morgan fingerprint density at radius 2 is 2.00 bits per heavy atom. The lowest BCUT2D eigenvalue weighted by Crippen LogP contribution is -1.97. The van der Waals surface area contributed by atoms with Crippen molar-refractivity contribution in [1.29, 1.82) is 0 Å². The van der Waals surface area contributed by atoms with E-state index in [0.29, 0.717) is 11.3 Å². The van der Waals surface area contributed by atoms with Crippen LogP contribution in [-0.4, -0.2) is 5.78 Å². The number of allylic oxidation sites excluding steroid dienone is 2. The van der Waals surface area contributed by atoms with Crippen molar-refractivity contribution < 1.29 is 4.79 Å². The number of benzene rings is 1. The van der Waals surface area contributed by atoms with Crippen LogP contribution in [0, 0.1) is 0 Å². The van der Waals surface area contributed by atoms with E-state index in [1.165, 1.54) is 0 Å². The molecule has 2 nitrogen and oxygen atoms in total. The quantitative estimate of drug-likeness (QED) is 0.500. The van der Waals surface area contributed by atoms with Gasteiger partial charge in [-0.05, 0) is 38.1 Å². The molecule has 0 unspecified atom stereocenters.